The number of para-hydroxylation sites is 1. The summed E-state index contributed by atoms with van der Waals surface area (Å²) in [7, 11) is 0. The smallest absolute Gasteiger partial charge is 0.435 e. The monoisotopic (exact) mass is 367 g/mol. The molecule has 0 unspecified atom stereocenters. The van der Waals surface area contributed by atoms with Gasteiger partial charge in [-0.25, -0.2) is 0 Å². The molecule has 0 fully saturated rings. The zero-order valence-corrected chi connectivity index (χ0v) is 14.1. The maximum atomic E-state index is 12.4. The number of carbonyl (C=O) groups excluding carboxylic acids is 1. The Morgan fingerprint density at radius 2 is 2.04 bits per heavy atom. The van der Waals surface area contributed by atoms with Crippen molar-refractivity contribution in [3.05, 3.63) is 41.6 Å². The number of halogens is 3. The summed E-state index contributed by atoms with van der Waals surface area (Å²) in [6.07, 6.45) is -3.85. The molecule has 1 aliphatic heterocycles. The van der Waals surface area contributed by atoms with Crippen molar-refractivity contribution in [2.24, 2.45) is 0 Å². The summed E-state index contributed by atoms with van der Waals surface area (Å²) in [5.41, 5.74) is -0.493. The molecule has 0 saturated carbocycles. The van der Waals surface area contributed by atoms with Crippen molar-refractivity contribution in [2.75, 3.05) is 11.9 Å². The van der Waals surface area contributed by atoms with Crippen LogP contribution < -0.4 is 14.8 Å². The number of amides is 1. The van der Waals surface area contributed by atoms with E-state index < -0.39 is 17.8 Å². The molecule has 0 saturated heterocycles. The summed E-state index contributed by atoms with van der Waals surface area (Å²) < 4.78 is 48.6. The van der Waals surface area contributed by atoms with Gasteiger partial charge in [0, 0.05) is 12.0 Å². The number of hydrogen-bond donors (Lipinski definition) is 1. The van der Waals surface area contributed by atoms with E-state index in [1.54, 1.807) is 12.1 Å². The molecule has 1 amide bonds. The van der Waals surface area contributed by atoms with Gasteiger partial charge in [0.1, 0.15) is 5.60 Å². The number of carbonyl (C=O) groups is 1. The van der Waals surface area contributed by atoms with Gasteiger partial charge in [-0.15, -0.1) is 10.2 Å². The van der Waals surface area contributed by atoms with Crippen molar-refractivity contribution in [1.29, 1.82) is 0 Å². The number of alkyl halides is 3. The van der Waals surface area contributed by atoms with Crippen LogP contribution in [0.2, 0.25) is 0 Å². The highest BCUT2D eigenvalue weighted by molar-refractivity contribution is 5.90. The third kappa shape index (κ3) is 4.04. The van der Waals surface area contributed by atoms with E-state index in [1.165, 1.54) is 0 Å². The van der Waals surface area contributed by atoms with Crippen LogP contribution in [0.3, 0.4) is 0 Å². The Hall–Kier alpha value is -2.84. The minimum atomic E-state index is -4.58. The van der Waals surface area contributed by atoms with E-state index in [-0.39, 0.29) is 18.0 Å². The maximum Gasteiger partial charge on any atom is 0.435 e. The molecule has 0 atom stereocenters. The highest BCUT2D eigenvalue weighted by Crippen LogP contribution is 2.41. The number of rotatable bonds is 4. The molecule has 9 heteroatoms. The predicted molar refractivity (Wildman–Crippen MR) is 86.0 cm³/mol. The lowest BCUT2D eigenvalue weighted by Crippen LogP contribution is -2.25. The lowest BCUT2D eigenvalue weighted by molar-refractivity contribution is -0.141. The molecule has 1 aromatic carbocycles. The second-order valence-electron chi connectivity index (χ2n) is 6.42. The minimum absolute atomic E-state index is 0.0951. The molecule has 1 aromatic heterocycles. The third-order valence-corrected chi connectivity index (χ3v) is 3.64. The number of aromatic nitrogens is 2. The molecule has 0 aliphatic carbocycles. The highest BCUT2D eigenvalue weighted by atomic mass is 19.4. The van der Waals surface area contributed by atoms with Gasteiger partial charge >= 0.3 is 6.18 Å². The van der Waals surface area contributed by atoms with Crippen molar-refractivity contribution >= 4 is 11.7 Å². The van der Waals surface area contributed by atoms with E-state index in [4.69, 9.17) is 9.47 Å². The zero-order chi connectivity index (χ0) is 18.9. The van der Waals surface area contributed by atoms with Gasteiger partial charge in [-0.3, -0.25) is 4.79 Å². The molecule has 1 N–H and O–H groups in total. The SMILES string of the molecule is CC1(C)Cc2cccc(OCC(=O)Nc3ccc(C(F)(F)F)nn3)c2O1. The number of anilines is 1. The number of fused-ring (bicyclic) bond motifs is 1. The largest absolute Gasteiger partial charge is 0.483 e. The van der Waals surface area contributed by atoms with Crippen LogP contribution in [0.25, 0.3) is 0 Å². The van der Waals surface area contributed by atoms with E-state index in [1.807, 2.05) is 19.9 Å². The van der Waals surface area contributed by atoms with Crippen LogP contribution in [0, 0.1) is 0 Å². The van der Waals surface area contributed by atoms with E-state index in [9.17, 15) is 18.0 Å². The second-order valence-corrected chi connectivity index (χ2v) is 6.42. The summed E-state index contributed by atoms with van der Waals surface area (Å²) in [5, 5.41) is 8.70. The molecule has 6 nitrogen and oxygen atoms in total. The first-order chi connectivity index (χ1) is 12.1. The Labute approximate surface area is 147 Å². The number of ether oxygens (including phenoxy) is 2. The van der Waals surface area contributed by atoms with Crippen LogP contribution in [0.1, 0.15) is 25.1 Å². The van der Waals surface area contributed by atoms with E-state index in [2.05, 4.69) is 15.5 Å². The van der Waals surface area contributed by atoms with E-state index in [0.717, 1.165) is 24.1 Å². The van der Waals surface area contributed by atoms with Crippen LogP contribution in [0.15, 0.2) is 30.3 Å². The number of hydrogen-bond acceptors (Lipinski definition) is 5. The Morgan fingerprint density at radius 3 is 2.69 bits per heavy atom. The number of benzene rings is 1. The normalized spacial score (nSPS) is 15.1. The Balaban J connectivity index is 1.60. The average molecular weight is 367 g/mol. The van der Waals surface area contributed by atoms with Crippen molar-refractivity contribution < 1.29 is 27.4 Å². The van der Waals surface area contributed by atoms with Gasteiger partial charge in [-0.1, -0.05) is 12.1 Å². The molecule has 3 rings (SSSR count). The predicted octanol–water partition coefficient (Wildman–Crippen LogP) is 3.23. The molecule has 2 aromatic rings. The quantitative estimate of drug-likeness (QED) is 0.898. The van der Waals surface area contributed by atoms with Crippen molar-refractivity contribution in [2.45, 2.75) is 32.0 Å². The number of nitrogens with one attached hydrogen (secondary N) is 1. The molecule has 2 heterocycles. The maximum absolute atomic E-state index is 12.4. The van der Waals surface area contributed by atoms with Gasteiger partial charge in [-0.2, -0.15) is 13.2 Å². The fourth-order valence-corrected chi connectivity index (χ4v) is 2.57. The fraction of sp³-hybridized carbons (Fsp3) is 0.353. The zero-order valence-electron chi connectivity index (χ0n) is 14.1. The van der Waals surface area contributed by atoms with Crippen molar-refractivity contribution in [3.63, 3.8) is 0 Å². The topological polar surface area (TPSA) is 73.3 Å². The van der Waals surface area contributed by atoms with Gasteiger partial charge in [0.15, 0.2) is 29.6 Å². The summed E-state index contributed by atoms with van der Waals surface area (Å²) >= 11 is 0. The van der Waals surface area contributed by atoms with E-state index in [0.29, 0.717) is 11.5 Å². The summed E-state index contributed by atoms with van der Waals surface area (Å²) in [4.78, 5) is 11.9. The fourth-order valence-electron chi connectivity index (χ4n) is 2.57. The van der Waals surface area contributed by atoms with Crippen LogP contribution >= 0.6 is 0 Å². The Bertz CT molecular complexity index is 820. The molecular formula is C17H16F3N3O3. The van der Waals surface area contributed by atoms with Gasteiger partial charge in [0.05, 0.1) is 0 Å². The molecular weight excluding hydrogens is 351 g/mol. The molecule has 0 radical (unpaired) electrons. The van der Waals surface area contributed by atoms with Gasteiger partial charge in [0.2, 0.25) is 0 Å². The highest BCUT2D eigenvalue weighted by Gasteiger charge is 2.33. The van der Waals surface area contributed by atoms with Gasteiger partial charge in [0.25, 0.3) is 5.91 Å². The van der Waals surface area contributed by atoms with Crippen LogP contribution in [0.5, 0.6) is 11.5 Å². The first kappa shape index (κ1) is 18.0. The Morgan fingerprint density at radius 1 is 1.27 bits per heavy atom. The molecule has 0 bridgehead atoms. The van der Waals surface area contributed by atoms with Crippen molar-refractivity contribution in [3.8, 4) is 11.5 Å². The molecule has 0 spiro atoms. The van der Waals surface area contributed by atoms with Crippen molar-refractivity contribution in [1.82, 2.24) is 10.2 Å². The van der Waals surface area contributed by atoms with Gasteiger partial charge < -0.3 is 14.8 Å². The lowest BCUT2D eigenvalue weighted by Gasteiger charge is -2.18. The van der Waals surface area contributed by atoms with Crippen LogP contribution in [-0.2, 0) is 17.4 Å². The van der Waals surface area contributed by atoms with Crippen LogP contribution in [0.4, 0.5) is 19.0 Å². The molecule has 138 valence electrons. The second kappa shape index (κ2) is 6.47. The number of nitrogens with zero attached hydrogens (tertiary/aromatic N) is 2. The standard InChI is InChI=1S/C17H16F3N3O3/c1-16(2)8-10-4-3-5-11(15(10)26-16)25-9-14(24)21-13-7-6-12(22-23-13)17(18,19)20/h3-7H,8-9H2,1-2H3,(H,21,23,24). The van der Waals surface area contributed by atoms with Gasteiger partial charge in [-0.05, 0) is 32.0 Å². The average Bonchev–Trinajstić information content (AvgIpc) is 2.87. The molecule has 1 aliphatic rings. The summed E-state index contributed by atoms with van der Waals surface area (Å²) in [6.45, 7) is 3.56. The summed E-state index contributed by atoms with van der Waals surface area (Å²) in [6, 6.07) is 7.18. The Kier molecular flexibility index (Phi) is 4.47. The summed E-state index contributed by atoms with van der Waals surface area (Å²) in [5.74, 6) is 0.359. The molecule has 26 heavy (non-hydrogen) atoms. The van der Waals surface area contributed by atoms with E-state index >= 15 is 0 Å². The van der Waals surface area contributed by atoms with Crippen LogP contribution in [-0.4, -0.2) is 28.3 Å². The lowest BCUT2D eigenvalue weighted by atomic mass is 10.0. The third-order valence-electron chi connectivity index (χ3n) is 3.64. The first-order valence-corrected chi connectivity index (χ1v) is 7.78. The minimum Gasteiger partial charge on any atom is -0.483 e. The first-order valence-electron chi connectivity index (χ1n) is 7.78.